The van der Waals surface area contributed by atoms with E-state index in [4.69, 9.17) is 15.2 Å². The summed E-state index contributed by atoms with van der Waals surface area (Å²) in [5.74, 6) is -0.162. The van der Waals surface area contributed by atoms with Crippen molar-refractivity contribution >= 4 is 5.97 Å². The summed E-state index contributed by atoms with van der Waals surface area (Å²) in [5.41, 5.74) is 5.54. The van der Waals surface area contributed by atoms with Crippen LogP contribution in [0.2, 0.25) is 0 Å². The van der Waals surface area contributed by atoms with Gasteiger partial charge in [0, 0.05) is 12.6 Å². The van der Waals surface area contributed by atoms with Crippen molar-refractivity contribution in [2.24, 2.45) is 11.1 Å². The summed E-state index contributed by atoms with van der Waals surface area (Å²) in [4.78, 5) is 12.0. The molecule has 1 aliphatic rings. The van der Waals surface area contributed by atoms with Gasteiger partial charge in [-0.05, 0) is 26.2 Å². The molecule has 0 bridgehead atoms. The lowest BCUT2D eigenvalue weighted by Crippen LogP contribution is -2.48. The second-order valence-corrected chi connectivity index (χ2v) is 5.02. The quantitative estimate of drug-likeness (QED) is 0.571. The van der Waals surface area contributed by atoms with Gasteiger partial charge < -0.3 is 15.2 Å². The number of ether oxygens (including phenoxy) is 2. The zero-order valence-electron chi connectivity index (χ0n) is 11.0. The van der Waals surface area contributed by atoms with Crippen molar-refractivity contribution in [1.82, 2.24) is 0 Å². The van der Waals surface area contributed by atoms with Gasteiger partial charge in [0.15, 0.2) is 0 Å². The van der Waals surface area contributed by atoms with Gasteiger partial charge in [-0.1, -0.05) is 19.8 Å². The highest BCUT2D eigenvalue weighted by Crippen LogP contribution is 2.35. The minimum Gasteiger partial charge on any atom is -0.463 e. The van der Waals surface area contributed by atoms with Crippen molar-refractivity contribution in [2.45, 2.75) is 52.0 Å². The highest BCUT2D eigenvalue weighted by Gasteiger charge is 2.42. The van der Waals surface area contributed by atoms with E-state index in [0.29, 0.717) is 19.8 Å². The Kier molecular flexibility index (Phi) is 5.92. The van der Waals surface area contributed by atoms with E-state index in [2.05, 4.69) is 0 Å². The second-order valence-electron chi connectivity index (χ2n) is 5.02. The van der Waals surface area contributed by atoms with Crippen LogP contribution in [0.5, 0.6) is 0 Å². The zero-order chi connectivity index (χ0) is 12.7. The van der Waals surface area contributed by atoms with Gasteiger partial charge in [0.2, 0.25) is 0 Å². The molecule has 0 saturated heterocycles. The molecule has 0 aromatic carbocycles. The third-order valence-corrected chi connectivity index (χ3v) is 3.56. The van der Waals surface area contributed by atoms with Gasteiger partial charge in [-0.2, -0.15) is 0 Å². The Morgan fingerprint density at radius 2 is 2.12 bits per heavy atom. The molecule has 0 radical (unpaired) electrons. The summed E-state index contributed by atoms with van der Waals surface area (Å²) in [6.07, 6.45) is 4.91. The van der Waals surface area contributed by atoms with Crippen LogP contribution in [0.4, 0.5) is 0 Å². The van der Waals surface area contributed by atoms with Crippen molar-refractivity contribution < 1.29 is 14.3 Å². The molecular formula is C13H25NO3. The fourth-order valence-electron chi connectivity index (χ4n) is 2.22. The lowest BCUT2D eigenvalue weighted by atomic mass is 9.72. The molecule has 0 heterocycles. The molecule has 0 aromatic rings. The van der Waals surface area contributed by atoms with E-state index < -0.39 is 5.41 Å². The minimum absolute atomic E-state index is 0.0692. The summed E-state index contributed by atoms with van der Waals surface area (Å²) in [5, 5.41) is 0. The molecule has 0 amide bonds. The lowest BCUT2D eigenvalue weighted by Gasteiger charge is -2.36. The zero-order valence-corrected chi connectivity index (χ0v) is 11.0. The molecule has 2 unspecified atom stereocenters. The fourth-order valence-corrected chi connectivity index (χ4v) is 2.22. The summed E-state index contributed by atoms with van der Waals surface area (Å²) < 4.78 is 10.5. The van der Waals surface area contributed by atoms with Crippen LogP contribution in [0.3, 0.4) is 0 Å². The maximum Gasteiger partial charge on any atom is 0.313 e. The van der Waals surface area contributed by atoms with Crippen LogP contribution in [0.25, 0.3) is 0 Å². The third kappa shape index (κ3) is 3.96. The molecule has 0 aromatic heterocycles. The predicted octanol–water partition coefficient (Wildman–Crippen LogP) is 1.86. The third-order valence-electron chi connectivity index (χ3n) is 3.56. The maximum atomic E-state index is 12.0. The van der Waals surface area contributed by atoms with Crippen LogP contribution in [0.1, 0.15) is 46.0 Å². The highest BCUT2D eigenvalue weighted by molar-refractivity contribution is 5.77. The summed E-state index contributed by atoms with van der Waals surface area (Å²) in [7, 11) is 0. The van der Waals surface area contributed by atoms with Gasteiger partial charge in [0.1, 0.15) is 6.61 Å². The Morgan fingerprint density at radius 3 is 2.76 bits per heavy atom. The first-order valence-electron chi connectivity index (χ1n) is 6.62. The molecule has 1 fully saturated rings. The topological polar surface area (TPSA) is 61.5 Å². The number of hydrogen-bond acceptors (Lipinski definition) is 4. The lowest BCUT2D eigenvalue weighted by molar-refractivity contribution is -0.159. The molecule has 1 saturated carbocycles. The first-order valence-corrected chi connectivity index (χ1v) is 6.62. The molecule has 2 N–H and O–H groups in total. The molecular weight excluding hydrogens is 218 g/mol. The number of carbonyl (C=O) groups is 1. The molecule has 1 aliphatic carbocycles. The van der Waals surface area contributed by atoms with Crippen LogP contribution in [-0.2, 0) is 14.3 Å². The van der Waals surface area contributed by atoms with Gasteiger partial charge in [0.05, 0.1) is 12.0 Å². The monoisotopic (exact) mass is 243 g/mol. The number of nitrogens with two attached hydrogens (primary N) is 1. The van der Waals surface area contributed by atoms with Crippen molar-refractivity contribution in [3.8, 4) is 0 Å². The first kappa shape index (κ1) is 14.5. The van der Waals surface area contributed by atoms with Gasteiger partial charge in [-0.15, -0.1) is 0 Å². The smallest absolute Gasteiger partial charge is 0.313 e. The van der Waals surface area contributed by atoms with Gasteiger partial charge in [0.25, 0.3) is 0 Å². The number of carbonyl (C=O) groups excluding carboxylic acids is 1. The van der Waals surface area contributed by atoms with E-state index >= 15 is 0 Å². The van der Waals surface area contributed by atoms with E-state index in [1.54, 1.807) is 0 Å². The average Bonchev–Trinajstić information content (AvgIpc) is 2.32. The Bertz CT molecular complexity index is 245. The summed E-state index contributed by atoms with van der Waals surface area (Å²) in [6.45, 7) is 5.50. The van der Waals surface area contributed by atoms with Gasteiger partial charge in [-0.3, -0.25) is 4.79 Å². The Hall–Kier alpha value is -0.610. The van der Waals surface area contributed by atoms with Crippen LogP contribution in [0, 0.1) is 5.41 Å². The van der Waals surface area contributed by atoms with Crippen LogP contribution in [-0.4, -0.2) is 31.8 Å². The average molecular weight is 243 g/mol. The molecule has 0 spiro atoms. The van der Waals surface area contributed by atoms with E-state index in [1.807, 2.05) is 13.8 Å². The van der Waals surface area contributed by atoms with E-state index in [-0.39, 0.29) is 12.0 Å². The standard InChI is InChI=1S/C13H25NO3/c1-3-8-16-9-10-17-12(15)13(2)7-5-4-6-11(13)14/h11H,3-10,14H2,1-2H3. The normalized spacial score (nSPS) is 29.0. The van der Waals surface area contributed by atoms with Crippen LogP contribution in [0.15, 0.2) is 0 Å². The fraction of sp³-hybridized carbons (Fsp3) is 0.923. The SMILES string of the molecule is CCCOCCOC(=O)C1(C)CCCCC1N. The Balaban J connectivity index is 2.30. The van der Waals surface area contributed by atoms with E-state index in [1.165, 1.54) is 0 Å². The molecule has 100 valence electrons. The molecule has 17 heavy (non-hydrogen) atoms. The largest absolute Gasteiger partial charge is 0.463 e. The summed E-state index contributed by atoms with van der Waals surface area (Å²) >= 11 is 0. The Labute approximate surface area is 104 Å². The predicted molar refractivity (Wildman–Crippen MR) is 66.6 cm³/mol. The Morgan fingerprint density at radius 1 is 1.35 bits per heavy atom. The van der Waals surface area contributed by atoms with Gasteiger partial charge >= 0.3 is 5.97 Å². The summed E-state index contributed by atoms with van der Waals surface area (Å²) in [6, 6.07) is -0.0692. The van der Waals surface area contributed by atoms with Crippen LogP contribution < -0.4 is 5.73 Å². The molecule has 4 heteroatoms. The highest BCUT2D eigenvalue weighted by atomic mass is 16.6. The molecule has 1 rings (SSSR count). The molecule has 2 atom stereocenters. The first-order chi connectivity index (χ1) is 8.11. The van der Waals surface area contributed by atoms with Crippen molar-refractivity contribution in [3.63, 3.8) is 0 Å². The number of rotatable bonds is 6. The van der Waals surface area contributed by atoms with E-state index in [9.17, 15) is 4.79 Å². The molecule has 0 aliphatic heterocycles. The van der Waals surface area contributed by atoms with Gasteiger partial charge in [-0.25, -0.2) is 0 Å². The minimum atomic E-state index is -0.497. The molecule has 4 nitrogen and oxygen atoms in total. The second kappa shape index (κ2) is 6.97. The van der Waals surface area contributed by atoms with Crippen molar-refractivity contribution in [3.05, 3.63) is 0 Å². The van der Waals surface area contributed by atoms with Crippen molar-refractivity contribution in [2.75, 3.05) is 19.8 Å². The van der Waals surface area contributed by atoms with Crippen molar-refractivity contribution in [1.29, 1.82) is 0 Å². The maximum absolute atomic E-state index is 12.0. The van der Waals surface area contributed by atoms with Crippen LogP contribution >= 0.6 is 0 Å². The van der Waals surface area contributed by atoms with E-state index in [0.717, 1.165) is 32.1 Å². The number of esters is 1. The number of hydrogen-bond donors (Lipinski definition) is 1.